The molecule has 170 valence electrons. The number of rotatable bonds is 7. The Kier molecular flexibility index (Phi) is 11.2. The summed E-state index contributed by atoms with van der Waals surface area (Å²) in [6.45, 7) is 8.43. The van der Waals surface area contributed by atoms with E-state index in [0.29, 0.717) is 12.2 Å². The maximum absolute atomic E-state index is 6.13. The highest BCUT2D eigenvalue weighted by Crippen LogP contribution is 2.18. The molecule has 0 bridgehead atoms. The number of aliphatic imine (C=N–C) groups is 1. The van der Waals surface area contributed by atoms with Crippen LogP contribution in [-0.4, -0.2) is 69.1 Å². The molecule has 2 fully saturated rings. The maximum atomic E-state index is 6.13. The number of guanidine groups is 1. The van der Waals surface area contributed by atoms with Crippen LogP contribution in [-0.2, 0) is 9.47 Å². The molecule has 0 aliphatic carbocycles. The highest BCUT2D eigenvalue weighted by molar-refractivity contribution is 14.0. The number of aryl methyl sites for hydroxylation is 1. The first kappa shape index (κ1) is 25.2. The minimum atomic E-state index is 0. The predicted octanol–water partition coefficient (Wildman–Crippen LogP) is 4.01. The number of ether oxygens (including phenoxy) is 3. The van der Waals surface area contributed by atoms with Crippen LogP contribution in [0.4, 0.5) is 0 Å². The number of benzene rings is 1. The molecule has 1 N–H and O–H groups in total. The van der Waals surface area contributed by atoms with Gasteiger partial charge in [-0.15, -0.1) is 24.0 Å². The van der Waals surface area contributed by atoms with Crippen LogP contribution in [0.15, 0.2) is 29.3 Å². The topological polar surface area (TPSA) is 55.3 Å². The van der Waals surface area contributed by atoms with Crippen LogP contribution >= 0.6 is 24.0 Å². The Morgan fingerprint density at radius 1 is 1.20 bits per heavy atom. The highest BCUT2D eigenvalue weighted by Gasteiger charge is 2.24. The van der Waals surface area contributed by atoms with Crippen molar-refractivity contribution < 1.29 is 14.2 Å². The molecule has 30 heavy (non-hydrogen) atoms. The van der Waals surface area contributed by atoms with Gasteiger partial charge in [-0.1, -0.05) is 17.7 Å². The summed E-state index contributed by atoms with van der Waals surface area (Å²) >= 11 is 0. The lowest BCUT2D eigenvalue weighted by Crippen LogP contribution is -2.49. The SMILES string of the molecule is CN=C(NCC(C)Oc1ccc(C)cc1)N1CCC(OCC2CCCCO2)CC1.I. The van der Waals surface area contributed by atoms with Gasteiger partial charge < -0.3 is 24.4 Å². The van der Waals surface area contributed by atoms with Gasteiger partial charge in [0.05, 0.1) is 25.4 Å². The fourth-order valence-corrected chi connectivity index (χ4v) is 3.87. The Bertz CT molecular complexity index is 627. The van der Waals surface area contributed by atoms with Crippen LogP contribution in [0.25, 0.3) is 0 Å². The van der Waals surface area contributed by atoms with Gasteiger partial charge in [-0.25, -0.2) is 0 Å². The van der Waals surface area contributed by atoms with Crippen LogP contribution < -0.4 is 10.1 Å². The van der Waals surface area contributed by atoms with Crippen LogP contribution in [0.5, 0.6) is 5.75 Å². The van der Waals surface area contributed by atoms with Crippen molar-refractivity contribution >= 4 is 29.9 Å². The van der Waals surface area contributed by atoms with Gasteiger partial charge >= 0.3 is 0 Å². The van der Waals surface area contributed by atoms with Gasteiger partial charge in [0.25, 0.3) is 0 Å². The van der Waals surface area contributed by atoms with E-state index in [2.05, 4.69) is 41.2 Å². The van der Waals surface area contributed by atoms with Crippen molar-refractivity contribution in [2.45, 2.75) is 64.3 Å². The molecule has 2 aliphatic rings. The molecule has 0 amide bonds. The standard InChI is InChI=1S/C23H37N3O3.HI/c1-18-7-9-21(10-8-18)29-19(2)16-25-23(24-3)26-13-11-20(12-14-26)28-17-22-6-4-5-15-27-22;/h7-10,19-20,22H,4-6,11-17H2,1-3H3,(H,24,25);1H. The van der Waals surface area contributed by atoms with Crippen molar-refractivity contribution in [2.24, 2.45) is 4.99 Å². The van der Waals surface area contributed by atoms with Crippen molar-refractivity contribution in [3.8, 4) is 5.75 Å². The lowest BCUT2D eigenvalue weighted by Gasteiger charge is -2.35. The molecule has 2 saturated heterocycles. The van der Waals surface area contributed by atoms with Gasteiger partial charge in [0.15, 0.2) is 5.96 Å². The van der Waals surface area contributed by atoms with E-state index in [1.807, 2.05) is 19.2 Å². The second kappa shape index (κ2) is 13.4. The summed E-state index contributed by atoms with van der Waals surface area (Å²) in [5, 5.41) is 3.46. The summed E-state index contributed by atoms with van der Waals surface area (Å²) in [5.74, 6) is 1.85. The summed E-state index contributed by atoms with van der Waals surface area (Å²) in [6, 6.07) is 8.18. The van der Waals surface area contributed by atoms with Crippen LogP contribution in [0.2, 0.25) is 0 Å². The van der Waals surface area contributed by atoms with E-state index < -0.39 is 0 Å². The van der Waals surface area contributed by atoms with Crippen molar-refractivity contribution in [1.82, 2.24) is 10.2 Å². The monoisotopic (exact) mass is 531 g/mol. The molecule has 0 radical (unpaired) electrons. The van der Waals surface area contributed by atoms with E-state index in [1.54, 1.807) is 0 Å². The number of hydrogen-bond donors (Lipinski definition) is 1. The Balaban J connectivity index is 0.00000320. The zero-order chi connectivity index (χ0) is 20.5. The number of halogens is 1. The fourth-order valence-electron chi connectivity index (χ4n) is 3.87. The third-order valence-corrected chi connectivity index (χ3v) is 5.65. The molecule has 2 heterocycles. The fraction of sp³-hybridized carbons (Fsp3) is 0.696. The summed E-state index contributed by atoms with van der Waals surface area (Å²) in [7, 11) is 1.84. The first-order chi connectivity index (χ1) is 14.1. The average Bonchev–Trinajstić information content (AvgIpc) is 2.76. The number of piperidine rings is 1. The van der Waals surface area contributed by atoms with Crippen LogP contribution in [0.3, 0.4) is 0 Å². The van der Waals surface area contributed by atoms with Crippen LogP contribution in [0.1, 0.15) is 44.6 Å². The van der Waals surface area contributed by atoms with Crippen LogP contribution in [0, 0.1) is 6.92 Å². The Morgan fingerprint density at radius 3 is 2.57 bits per heavy atom. The third-order valence-electron chi connectivity index (χ3n) is 5.65. The van der Waals surface area contributed by atoms with Crippen molar-refractivity contribution in [3.63, 3.8) is 0 Å². The summed E-state index contributed by atoms with van der Waals surface area (Å²) in [4.78, 5) is 6.78. The molecule has 0 spiro atoms. The first-order valence-electron chi connectivity index (χ1n) is 11.1. The molecule has 2 unspecified atom stereocenters. The molecule has 7 heteroatoms. The van der Waals surface area contributed by atoms with Gasteiger partial charge in [0, 0.05) is 26.7 Å². The highest BCUT2D eigenvalue weighted by atomic mass is 127. The van der Waals surface area contributed by atoms with Crippen molar-refractivity contribution in [1.29, 1.82) is 0 Å². The largest absolute Gasteiger partial charge is 0.489 e. The molecule has 2 atom stereocenters. The van der Waals surface area contributed by atoms with Crippen molar-refractivity contribution in [3.05, 3.63) is 29.8 Å². The van der Waals surface area contributed by atoms with E-state index in [4.69, 9.17) is 14.2 Å². The van der Waals surface area contributed by atoms with E-state index in [1.165, 1.54) is 18.4 Å². The van der Waals surface area contributed by atoms with Gasteiger partial charge in [-0.3, -0.25) is 4.99 Å². The maximum Gasteiger partial charge on any atom is 0.193 e. The van der Waals surface area contributed by atoms with E-state index in [0.717, 1.165) is 63.8 Å². The molecular weight excluding hydrogens is 493 g/mol. The smallest absolute Gasteiger partial charge is 0.193 e. The van der Waals surface area contributed by atoms with E-state index >= 15 is 0 Å². The molecule has 2 aliphatic heterocycles. The second-order valence-corrected chi connectivity index (χ2v) is 8.18. The molecule has 1 aromatic carbocycles. The zero-order valence-corrected chi connectivity index (χ0v) is 21.0. The molecule has 0 aromatic heterocycles. The third kappa shape index (κ3) is 8.23. The molecule has 1 aromatic rings. The predicted molar refractivity (Wildman–Crippen MR) is 132 cm³/mol. The molecule has 0 saturated carbocycles. The van der Waals surface area contributed by atoms with Gasteiger partial charge in [0.2, 0.25) is 0 Å². The second-order valence-electron chi connectivity index (χ2n) is 8.18. The number of nitrogens with one attached hydrogen (secondary N) is 1. The first-order valence-corrected chi connectivity index (χ1v) is 11.1. The Morgan fingerprint density at radius 2 is 1.93 bits per heavy atom. The average molecular weight is 531 g/mol. The summed E-state index contributed by atoms with van der Waals surface area (Å²) < 4.78 is 17.9. The number of nitrogens with zero attached hydrogens (tertiary/aromatic N) is 2. The normalized spacial score (nSPS) is 21.6. The lowest BCUT2D eigenvalue weighted by atomic mass is 10.1. The molecule has 6 nitrogen and oxygen atoms in total. The quantitative estimate of drug-likeness (QED) is 0.328. The van der Waals surface area contributed by atoms with Crippen molar-refractivity contribution in [2.75, 3.05) is 39.9 Å². The minimum Gasteiger partial charge on any atom is -0.489 e. The summed E-state index contributed by atoms with van der Waals surface area (Å²) in [6.07, 6.45) is 6.34. The van der Waals surface area contributed by atoms with E-state index in [-0.39, 0.29) is 30.1 Å². The van der Waals surface area contributed by atoms with Gasteiger partial charge in [-0.2, -0.15) is 0 Å². The molecular formula is C23H38IN3O3. The number of hydrogen-bond acceptors (Lipinski definition) is 4. The van der Waals surface area contributed by atoms with E-state index in [9.17, 15) is 0 Å². The Hall–Kier alpha value is -1.06. The number of likely N-dealkylation sites (tertiary alicyclic amines) is 1. The lowest BCUT2D eigenvalue weighted by molar-refractivity contribution is -0.0721. The zero-order valence-electron chi connectivity index (χ0n) is 18.6. The van der Waals surface area contributed by atoms with Gasteiger partial charge in [0.1, 0.15) is 11.9 Å². The van der Waals surface area contributed by atoms with Gasteiger partial charge in [-0.05, 0) is 58.1 Å². The summed E-state index contributed by atoms with van der Waals surface area (Å²) in [5.41, 5.74) is 1.24. The molecule has 3 rings (SSSR count). The minimum absolute atomic E-state index is 0. The Labute approximate surface area is 198 Å².